The maximum atomic E-state index is 12.6. The molecule has 0 bridgehead atoms. The number of urea groups is 1. The summed E-state index contributed by atoms with van der Waals surface area (Å²) in [7, 11) is 0. The van der Waals surface area contributed by atoms with E-state index in [4.69, 9.17) is 0 Å². The second-order valence-electron chi connectivity index (χ2n) is 4.66. The van der Waals surface area contributed by atoms with Gasteiger partial charge in [0.2, 0.25) is 0 Å². The zero-order chi connectivity index (χ0) is 16.1. The molecule has 0 aliphatic heterocycles. The summed E-state index contributed by atoms with van der Waals surface area (Å²) >= 11 is 1.32. The molecular formula is C17H13N3O2S. The molecule has 1 aromatic heterocycles. The number of benzene rings is 2. The number of carbonyl (C=O) groups is 2. The lowest BCUT2D eigenvalue weighted by Crippen LogP contribution is -2.21. The minimum atomic E-state index is -0.437. The van der Waals surface area contributed by atoms with Crippen molar-refractivity contribution in [2.45, 2.75) is 0 Å². The number of anilines is 2. The van der Waals surface area contributed by atoms with Crippen LogP contribution >= 0.6 is 11.3 Å². The molecule has 3 aromatic rings. The molecule has 6 heteroatoms. The summed E-state index contributed by atoms with van der Waals surface area (Å²) in [6.07, 6.45) is 1.60. The van der Waals surface area contributed by atoms with Crippen molar-refractivity contribution in [2.75, 3.05) is 10.6 Å². The zero-order valence-corrected chi connectivity index (χ0v) is 12.8. The molecule has 0 saturated heterocycles. The van der Waals surface area contributed by atoms with Gasteiger partial charge in [-0.25, -0.2) is 9.78 Å². The molecule has 3 rings (SSSR count). The first-order valence-electron chi connectivity index (χ1n) is 6.90. The quantitative estimate of drug-likeness (QED) is 0.712. The second-order valence-corrected chi connectivity index (χ2v) is 5.55. The van der Waals surface area contributed by atoms with Crippen LogP contribution < -0.4 is 10.6 Å². The van der Waals surface area contributed by atoms with Crippen molar-refractivity contribution in [3.8, 4) is 0 Å². The minimum absolute atomic E-state index is 0.143. The van der Waals surface area contributed by atoms with Crippen molar-refractivity contribution in [1.29, 1.82) is 0 Å². The van der Waals surface area contributed by atoms with E-state index < -0.39 is 6.03 Å². The number of carbonyl (C=O) groups excluding carboxylic acids is 2. The Morgan fingerprint density at radius 2 is 1.65 bits per heavy atom. The molecule has 0 fully saturated rings. The van der Waals surface area contributed by atoms with E-state index in [9.17, 15) is 9.59 Å². The van der Waals surface area contributed by atoms with E-state index in [1.807, 2.05) is 6.07 Å². The number of hydrogen-bond acceptors (Lipinski definition) is 4. The molecule has 0 saturated carbocycles. The van der Waals surface area contributed by atoms with Gasteiger partial charge in [0.1, 0.15) is 0 Å². The van der Waals surface area contributed by atoms with Gasteiger partial charge < -0.3 is 5.32 Å². The van der Waals surface area contributed by atoms with Crippen LogP contribution in [0.15, 0.2) is 66.2 Å². The van der Waals surface area contributed by atoms with Gasteiger partial charge in [-0.2, -0.15) is 0 Å². The summed E-state index contributed by atoms with van der Waals surface area (Å²) in [5.74, 6) is -0.143. The van der Waals surface area contributed by atoms with Gasteiger partial charge in [0, 0.05) is 22.7 Å². The SMILES string of the molecule is O=C(Nc1nccs1)Nc1ccccc1C(=O)c1ccccc1. The van der Waals surface area contributed by atoms with Crippen LogP contribution in [0.2, 0.25) is 0 Å². The lowest BCUT2D eigenvalue weighted by molar-refractivity contribution is 0.103. The Kier molecular flexibility index (Phi) is 4.44. The predicted octanol–water partition coefficient (Wildman–Crippen LogP) is 4.02. The van der Waals surface area contributed by atoms with Crippen LogP contribution in [-0.2, 0) is 0 Å². The number of nitrogens with zero attached hydrogens (tertiary/aromatic N) is 1. The Bertz CT molecular complexity index is 817. The fraction of sp³-hybridized carbons (Fsp3) is 0. The van der Waals surface area contributed by atoms with Gasteiger partial charge in [-0.3, -0.25) is 10.1 Å². The summed E-state index contributed by atoms with van der Waals surface area (Å²) in [6.45, 7) is 0. The Morgan fingerprint density at radius 1 is 0.913 bits per heavy atom. The van der Waals surface area contributed by atoms with Crippen LogP contribution in [0.1, 0.15) is 15.9 Å². The number of nitrogens with one attached hydrogen (secondary N) is 2. The first-order valence-corrected chi connectivity index (χ1v) is 7.78. The van der Waals surface area contributed by atoms with Crippen LogP contribution in [0.4, 0.5) is 15.6 Å². The highest BCUT2D eigenvalue weighted by Gasteiger charge is 2.15. The topological polar surface area (TPSA) is 71.1 Å². The monoisotopic (exact) mass is 323 g/mol. The normalized spacial score (nSPS) is 10.1. The highest BCUT2D eigenvalue weighted by molar-refractivity contribution is 7.13. The van der Waals surface area contributed by atoms with Gasteiger partial charge in [0.25, 0.3) is 0 Å². The fourth-order valence-corrected chi connectivity index (χ4v) is 2.59. The van der Waals surface area contributed by atoms with Gasteiger partial charge in [-0.15, -0.1) is 11.3 Å². The van der Waals surface area contributed by atoms with Crippen molar-refractivity contribution < 1.29 is 9.59 Å². The van der Waals surface area contributed by atoms with Gasteiger partial charge in [0.15, 0.2) is 10.9 Å². The summed E-state index contributed by atoms with van der Waals surface area (Å²) in [6, 6.07) is 15.4. The third kappa shape index (κ3) is 3.61. The largest absolute Gasteiger partial charge is 0.325 e. The number of ketones is 1. The van der Waals surface area contributed by atoms with E-state index in [1.54, 1.807) is 60.1 Å². The third-order valence-electron chi connectivity index (χ3n) is 3.11. The summed E-state index contributed by atoms with van der Waals surface area (Å²) in [4.78, 5) is 28.6. The number of thiazole rings is 1. The summed E-state index contributed by atoms with van der Waals surface area (Å²) < 4.78 is 0. The minimum Gasteiger partial charge on any atom is -0.307 e. The average Bonchev–Trinajstić information content (AvgIpc) is 3.08. The average molecular weight is 323 g/mol. The Hall–Kier alpha value is -2.99. The van der Waals surface area contributed by atoms with Gasteiger partial charge in [0.05, 0.1) is 5.69 Å². The molecule has 5 nitrogen and oxygen atoms in total. The lowest BCUT2D eigenvalue weighted by Gasteiger charge is -2.10. The first kappa shape index (κ1) is 14.9. The van der Waals surface area contributed by atoms with Crippen LogP contribution in [-0.4, -0.2) is 16.8 Å². The van der Waals surface area contributed by atoms with Crippen molar-refractivity contribution in [3.05, 3.63) is 77.3 Å². The van der Waals surface area contributed by atoms with Crippen molar-refractivity contribution in [2.24, 2.45) is 0 Å². The predicted molar refractivity (Wildman–Crippen MR) is 91.1 cm³/mol. The summed E-state index contributed by atoms with van der Waals surface area (Å²) in [5.41, 5.74) is 1.46. The molecule has 0 atom stereocenters. The molecule has 0 spiro atoms. The Labute approximate surface area is 137 Å². The van der Waals surface area contributed by atoms with E-state index in [0.717, 1.165) is 0 Å². The molecule has 0 unspecified atom stereocenters. The van der Waals surface area contributed by atoms with Crippen molar-refractivity contribution in [1.82, 2.24) is 4.98 Å². The van der Waals surface area contributed by atoms with E-state index in [1.165, 1.54) is 11.3 Å². The molecule has 0 aliphatic rings. The molecule has 0 radical (unpaired) electrons. The molecule has 2 aromatic carbocycles. The molecule has 1 heterocycles. The van der Waals surface area contributed by atoms with E-state index in [0.29, 0.717) is 21.9 Å². The Balaban J connectivity index is 1.81. The number of para-hydroxylation sites is 1. The van der Waals surface area contributed by atoms with E-state index in [-0.39, 0.29) is 5.78 Å². The van der Waals surface area contributed by atoms with Gasteiger partial charge >= 0.3 is 6.03 Å². The number of amides is 2. The van der Waals surface area contributed by atoms with E-state index >= 15 is 0 Å². The number of hydrogen-bond donors (Lipinski definition) is 2. The molecule has 0 aliphatic carbocycles. The zero-order valence-electron chi connectivity index (χ0n) is 12.0. The highest BCUT2D eigenvalue weighted by atomic mass is 32.1. The lowest BCUT2D eigenvalue weighted by atomic mass is 10.0. The standard InChI is InChI=1S/C17H13N3O2S/c21-15(12-6-2-1-3-7-12)13-8-4-5-9-14(13)19-16(22)20-17-18-10-11-23-17/h1-11H,(H2,18,19,20,22). The second kappa shape index (κ2) is 6.85. The van der Waals surface area contributed by atoms with Crippen LogP contribution in [0.3, 0.4) is 0 Å². The molecule has 2 N–H and O–H groups in total. The van der Waals surface area contributed by atoms with Crippen LogP contribution in [0.25, 0.3) is 0 Å². The van der Waals surface area contributed by atoms with E-state index in [2.05, 4.69) is 15.6 Å². The van der Waals surface area contributed by atoms with Crippen molar-refractivity contribution >= 4 is 34.0 Å². The fourth-order valence-electron chi connectivity index (χ4n) is 2.07. The highest BCUT2D eigenvalue weighted by Crippen LogP contribution is 2.20. The van der Waals surface area contributed by atoms with Crippen LogP contribution in [0.5, 0.6) is 0 Å². The van der Waals surface area contributed by atoms with Gasteiger partial charge in [-0.1, -0.05) is 42.5 Å². The molecule has 2 amide bonds. The third-order valence-corrected chi connectivity index (χ3v) is 3.80. The first-order chi connectivity index (χ1) is 11.2. The number of rotatable bonds is 4. The van der Waals surface area contributed by atoms with Crippen LogP contribution in [0, 0.1) is 0 Å². The Morgan fingerprint density at radius 3 is 2.39 bits per heavy atom. The van der Waals surface area contributed by atoms with Gasteiger partial charge in [-0.05, 0) is 12.1 Å². The van der Waals surface area contributed by atoms with Crippen molar-refractivity contribution in [3.63, 3.8) is 0 Å². The smallest absolute Gasteiger partial charge is 0.307 e. The maximum absolute atomic E-state index is 12.6. The summed E-state index contributed by atoms with van der Waals surface area (Å²) in [5, 5.41) is 7.58. The molecular weight excluding hydrogens is 310 g/mol. The number of aromatic nitrogens is 1. The molecule has 23 heavy (non-hydrogen) atoms. The maximum Gasteiger partial charge on any atom is 0.325 e. The molecule has 114 valence electrons.